The van der Waals surface area contributed by atoms with E-state index in [2.05, 4.69) is 44.0 Å². The summed E-state index contributed by atoms with van der Waals surface area (Å²) < 4.78 is 0. The normalized spacial score (nSPS) is 26.1. The second kappa shape index (κ2) is 10.2. The number of benzene rings is 2. The van der Waals surface area contributed by atoms with Gasteiger partial charge in [-0.3, -0.25) is 4.79 Å². The van der Waals surface area contributed by atoms with Gasteiger partial charge in [-0.25, -0.2) is 0 Å². The number of fused-ring (bicyclic) bond motifs is 1. The van der Waals surface area contributed by atoms with Gasteiger partial charge in [-0.05, 0) is 77.6 Å². The van der Waals surface area contributed by atoms with Gasteiger partial charge in [-0.2, -0.15) is 0 Å². The molecule has 2 aromatic carbocycles. The first-order chi connectivity index (χ1) is 16.2. The third kappa shape index (κ3) is 5.38. The van der Waals surface area contributed by atoms with E-state index in [9.17, 15) is 15.0 Å². The monoisotopic (exact) mass is 482 g/mol. The summed E-state index contributed by atoms with van der Waals surface area (Å²) in [5.74, 6) is 2.28. The summed E-state index contributed by atoms with van der Waals surface area (Å²) in [7, 11) is 0. The maximum Gasteiger partial charge on any atom is 0.233 e. The van der Waals surface area contributed by atoms with Crippen LogP contribution in [0, 0.1) is 11.8 Å². The fourth-order valence-corrected chi connectivity index (χ4v) is 6.48. The highest BCUT2D eigenvalue weighted by molar-refractivity contribution is 7.99. The van der Waals surface area contributed by atoms with Crippen LogP contribution in [0.3, 0.4) is 0 Å². The molecule has 5 nitrogen and oxygen atoms in total. The summed E-state index contributed by atoms with van der Waals surface area (Å²) >= 11 is 1.66. The lowest BCUT2D eigenvalue weighted by Crippen LogP contribution is -2.54. The Morgan fingerprint density at radius 2 is 1.94 bits per heavy atom. The SMILES string of the molecule is CC(C)[C@@H](CN1CC[C@@](C)(c2cccc(O)c2)[C@@H](C)C1)NC(=O)[C@H]1Cc2ccc(O)cc2CS1. The maximum absolute atomic E-state index is 13.2. The van der Waals surface area contributed by atoms with Gasteiger partial charge in [-0.15, -0.1) is 11.8 Å². The van der Waals surface area contributed by atoms with Gasteiger partial charge in [0.15, 0.2) is 0 Å². The summed E-state index contributed by atoms with van der Waals surface area (Å²) in [6, 6.07) is 13.3. The molecule has 4 rings (SSSR count). The van der Waals surface area contributed by atoms with E-state index in [-0.39, 0.29) is 28.4 Å². The molecule has 0 aliphatic carbocycles. The van der Waals surface area contributed by atoms with Crippen LogP contribution in [0.1, 0.15) is 50.8 Å². The van der Waals surface area contributed by atoms with Crippen molar-refractivity contribution >= 4 is 17.7 Å². The molecule has 184 valence electrons. The Morgan fingerprint density at radius 1 is 1.18 bits per heavy atom. The molecule has 1 fully saturated rings. The van der Waals surface area contributed by atoms with Crippen LogP contribution in [0.2, 0.25) is 0 Å². The molecular weight excluding hydrogens is 444 g/mol. The fourth-order valence-electron chi connectivity index (χ4n) is 5.31. The van der Waals surface area contributed by atoms with Crippen molar-refractivity contribution in [2.45, 2.75) is 63.0 Å². The molecule has 2 aliphatic heterocycles. The molecule has 4 atom stereocenters. The number of phenolic OH excluding ortho intramolecular Hbond substituents is 2. The first-order valence-corrected chi connectivity index (χ1v) is 13.4. The lowest BCUT2D eigenvalue weighted by atomic mass is 9.68. The zero-order valence-electron chi connectivity index (χ0n) is 20.8. The zero-order chi connectivity index (χ0) is 24.5. The van der Waals surface area contributed by atoms with Gasteiger partial charge in [0.1, 0.15) is 11.5 Å². The first kappa shape index (κ1) is 24.9. The number of amides is 1. The summed E-state index contributed by atoms with van der Waals surface area (Å²) in [5.41, 5.74) is 3.53. The number of hydrogen-bond donors (Lipinski definition) is 3. The molecule has 0 bridgehead atoms. The van der Waals surface area contributed by atoms with Crippen molar-refractivity contribution in [3.05, 3.63) is 59.2 Å². The Morgan fingerprint density at radius 3 is 2.65 bits per heavy atom. The smallest absolute Gasteiger partial charge is 0.233 e. The standard InChI is InChI=1S/C28H38N2O3S/c1-18(2)25(29-27(33)26-13-20-8-9-24(32)12-21(20)17-34-26)16-30-11-10-28(4,19(3)15-30)22-6-5-7-23(31)14-22/h5-9,12,14,18-19,25-26,31-32H,10-11,13,15-17H2,1-4H3,(H,29,33)/t19-,25+,26+,28+/m0/s1. The average molecular weight is 483 g/mol. The topological polar surface area (TPSA) is 72.8 Å². The van der Waals surface area contributed by atoms with Crippen LogP contribution in [0.4, 0.5) is 0 Å². The quantitative estimate of drug-likeness (QED) is 0.557. The molecule has 0 unspecified atom stereocenters. The number of aromatic hydroxyl groups is 2. The van der Waals surface area contributed by atoms with E-state index in [1.54, 1.807) is 23.9 Å². The van der Waals surface area contributed by atoms with Gasteiger partial charge in [-0.1, -0.05) is 45.9 Å². The Hall–Kier alpha value is -2.18. The highest BCUT2D eigenvalue weighted by Gasteiger charge is 2.39. The number of phenols is 2. The van der Waals surface area contributed by atoms with E-state index in [4.69, 9.17) is 0 Å². The van der Waals surface area contributed by atoms with Gasteiger partial charge >= 0.3 is 0 Å². The van der Waals surface area contributed by atoms with Crippen LogP contribution >= 0.6 is 11.8 Å². The first-order valence-electron chi connectivity index (χ1n) is 12.4. The molecular formula is C28H38N2O3S. The average Bonchev–Trinajstić information content (AvgIpc) is 2.80. The number of nitrogens with one attached hydrogen (secondary N) is 1. The molecule has 0 radical (unpaired) electrons. The molecule has 1 amide bonds. The molecule has 0 saturated carbocycles. The van der Waals surface area contributed by atoms with Crippen LogP contribution in [-0.2, 0) is 22.4 Å². The highest BCUT2D eigenvalue weighted by Crippen LogP contribution is 2.40. The summed E-state index contributed by atoms with van der Waals surface area (Å²) in [4.78, 5) is 15.7. The molecule has 1 saturated heterocycles. The van der Waals surface area contributed by atoms with Gasteiger partial charge in [0, 0.05) is 24.9 Å². The van der Waals surface area contributed by atoms with E-state index >= 15 is 0 Å². The Labute approximate surface area is 207 Å². The Balaban J connectivity index is 1.36. The summed E-state index contributed by atoms with van der Waals surface area (Å²) in [6.07, 6.45) is 1.73. The molecule has 2 aromatic rings. The second-order valence-corrected chi connectivity index (χ2v) is 11.9. The molecule has 2 heterocycles. The Kier molecular flexibility index (Phi) is 7.48. The third-order valence-electron chi connectivity index (χ3n) is 7.99. The van der Waals surface area contributed by atoms with E-state index in [0.29, 0.717) is 24.0 Å². The third-order valence-corrected chi connectivity index (χ3v) is 9.25. The predicted molar refractivity (Wildman–Crippen MR) is 139 cm³/mol. The molecule has 0 aromatic heterocycles. The number of carbonyl (C=O) groups is 1. The summed E-state index contributed by atoms with van der Waals surface area (Å²) in [6.45, 7) is 11.8. The van der Waals surface area contributed by atoms with Crippen molar-refractivity contribution in [1.29, 1.82) is 0 Å². The van der Waals surface area contributed by atoms with Gasteiger partial charge < -0.3 is 20.4 Å². The lowest BCUT2D eigenvalue weighted by molar-refractivity contribution is -0.121. The number of nitrogens with zero attached hydrogens (tertiary/aromatic N) is 1. The minimum atomic E-state index is -0.0902. The Bertz CT molecular complexity index is 1030. The molecule has 34 heavy (non-hydrogen) atoms. The van der Waals surface area contributed by atoms with Crippen LogP contribution in [0.15, 0.2) is 42.5 Å². The van der Waals surface area contributed by atoms with Crippen molar-refractivity contribution in [2.75, 3.05) is 19.6 Å². The van der Waals surface area contributed by atoms with Crippen LogP contribution in [-0.4, -0.2) is 51.9 Å². The number of thioether (sulfide) groups is 1. The second-order valence-electron chi connectivity index (χ2n) is 10.7. The minimum Gasteiger partial charge on any atom is -0.508 e. The molecule has 2 aliphatic rings. The number of rotatable bonds is 6. The van der Waals surface area contributed by atoms with Gasteiger partial charge in [0.2, 0.25) is 5.91 Å². The van der Waals surface area contributed by atoms with Crippen molar-refractivity contribution in [3.8, 4) is 11.5 Å². The molecule has 6 heteroatoms. The fraction of sp³-hybridized carbons (Fsp3) is 0.536. The van der Waals surface area contributed by atoms with E-state index < -0.39 is 0 Å². The number of carbonyl (C=O) groups excluding carboxylic acids is 1. The van der Waals surface area contributed by atoms with Gasteiger partial charge in [0.25, 0.3) is 0 Å². The van der Waals surface area contributed by atoms with Crippen molar-refractivity contribution in [2.24, 2.45) is 11.8 Å². The van der Waals surface area contributed by atoms with E-state index in [0.717, 1.165) is 42.9 Å². The molecule has 0 spiro atoms. The van der Waals surface area contributed by atoms with Crippen molar-refractivity contribution in [1.82, 2.24) is 10.2 Å². The van der Waals surface area contributed by atoms with E-state index in [1.807, 2.05) is 24.3 Å². The largest absolute Gasteiger partial charge is 0.508 e. The summed E-state index contributed by atoms with van der Waals surface area (Å²) in [5, 5.41) is 23.0. The lowest BCUT2D eigenvalue weighted by Gasteiger charge is -2.46. The van der Waals surface area contributed by atoms with E-state index in [1.165, 1.54) is 5.56 Å². The predicted octanol–water partition coefficient (Wildman–Crippen LogP) is 4.70. The number of hydrogen-bond acceptors (Lipinski definition) is 5. The minimum absolute atomic E-state index is 0.0341. The zero-order valence-corrected chi connectivity index (χ0v) is 21.6. The van der Waals surface area contributed by atoms with Gasteiger partial charge in [0.05, 0.1) is 5.25 Å². The van der Waals surface area contributed by atoms with Crippen LogP contribution in [0.25, 0.3) is 0 Å². The van der Waals surface area contributed by atoms with Crippen molar-refractivity contribution in [3.63, 3.8) is 0 Å². The van der Waals surface area contributed by atoms with Crippen LogP contribution < -0.4 is 5.32 Å². The number of piperidine rings is 1. The molecule has 3 N–H and O–H groups in total. The van der Waals surface area contributed by atoms with Crippen LogP contribution in [0.5, 0.6) is 11.5 Å². The van der Waals surface area contributed by atoms with Crippen molar-refractivity contribution < 1.29 is 15.0 Å². The highest BCUT2D eigenvalue weighted by atomic mass is 32.2. The number of likely N-dealkylation sites (tertiary alicyclic amines) is 1. The maximum atomic E-state index is 13.2.